The predicted octanol–water partition coefficient (Wildman–Crippen LogP) is 1.14. The fourth-order valence-electron chi connectivity index (χ4n) is 1.02. The van der Waals surface area contributed by atoms with Gasteiger partial charge in [-0.3, -0.25) is 9.59 Å². The van der Waals surface area contributed by atoms with E-state index in [0.717, 1.165) is 0 Å². The van der Waals surface area contributed by atoms with Crippen LogP contribution in [0.3, 0.4) is 0 Å². The van der Waals surface area contributed by atoms with Crippen LogP contribution in [0.15, 0.2) is 24.3 Å². The summed E-state index contributed by atoms with van der Waals surface area (Å²) in [5.41, 5.74) is 0.391. The fourth-order valence-corrected chi connectivity index (χ4v) is 1.15. The van der Waals surface area contributed by atoms with Crippen LogP contribution < -0.4 is 5.32 Å². The average Bonchev–Trinajstić information content (AvgIpc) is 2.34. The first-order valence-corrected chi connectivity index (χ1v) is 5.07. The molecule has 17 heavy (non-hydrogen) atoms. The van der Waals surface area contributed by atoms with Gasteiger partial charge in [-0.2, -0.15) is 5.26 Å². The van der Waals surface area contributed by atoms with Gasteiger partial charge in [-0.05, 0) is 24.3 Å². The largest absolute Gasteiger partial charge is 0.449 e. The smallest absolute Gasteiger partial charge is 0.326 e. The van der Waals surface area contributed by atoms with Crippen LogP contribution in [0.1, 0.15) is 10.4 Å². The maximum atomic E-state index is 11.5. The maximum absolute atomic E-state index is 11.5. The molecule has 0 fully saturated rings. The number of benzene rings is 1. The Labute approximate surface area is 103 Å². The van der Waals surface area contributed by atoms with E-state index in [1.54, 1.807) is 18.2 Å². The summed E-state index contributed by atoms with van der Waals surface area (Å²) in [4.78, 5) is 22.5. The van der Waals surface area contributed by atoms with Gasteiger partial charge in [0.2, 0.25) is 0 Å². The monoisotopic (exact) mass is 252 g/mol. The second-order valence-corrected chi connectivity index (χ2v) is 3.44. The van der Waals surface area contributed by atoms with Crippen LogP contribution in [-0.2, 0) is 9.53 Å². The topological polar surface area (TPSA) is 79.2 Å². The summed E-state index contributed by atoms with van der Waals surface area (Å²) in [5, 5.41) is 11.1. The van der Waals surface area contributed by atoms with E-state index < -0.39 is 11.9 Å². The number of hydrogen-bond acceptors (Lipinski definition) is 4. The second-order valence-electron chi connectivity index (χ2n) is 3.01. The lowest BCUT2D eigenvalue weighted by atomic mass is 10.2. The molecule has 5 nitrogen and oxygen atoms in total. The van der Waals surface area contributed by atoms with E-state index in [0.29, 0.717) is 10.6 Å². The quantitative estimate of drug-likeness (QED) is 0.815. The molecule has 0 saturated carbocycles. The van der Waals surface area contributed by atoms with Crippen molar-refractivity contribution in [2.75, 3.05) is 13.2 Å². The van der Waals surface area contributed by atoms with Crippen LogP contribution in [0.5, 0.6) is 0 Å². The number of carbonyl (C=O) groups is 2. The molecule has 88 valence electrons. The summed E-state index contributed by atoms with van der Waals surface area (Å²) in [6.07, 6.45) is 0. The molecule has 0 heterocycles. The molecule has 1 rings (SSSR count). The number of ether oxygens (including phenoxy) is 1. The van der Waals surface area contributed by atoms with E-state index >= 15 is 0 Å². The Kier molecular flexibility index (Phi) is 4.98. The van der Waals surface area contributed by atoms with Crippen LogP contribution in [0.25, 0.3) is 0 Å². The second kappa shape index (κ2) is 6.51. The lowest BCUT2D eigenvalue weighted by molar-refractivity contribution is -0.140. The first-order valence-electron chi connectivity index (χ1n) is 4.70. The third kappa shape index (κ3) is 4.53. The van der Waals surface area contributed by atoms with Gasteiger partial charge in [0.1, 0.15) is 12.6 Å². The van der Waals surface area contributed by atoms with Gasteiger partial charge in [0.15, 0.2) is 6.61 Å². The van der Waals surface area contributed by atoms with Gasteiger partial charge in [-0.15, -0.1) is 0 Å². The Bertz CT molecular complexity index is 451. The van der Waals surface area contributed by atoms with Crippen molar-refractivity contribution in [3.05, 3.63) is 34.9 Å². The average molecular weight is 253 g/mol. The van der Waals surface area contributed by atoms with Gasteiger partial charge in [-0.1, -0.05) is 11.6 Å². The minimum atomic E-state index is -0.658. The van der Waals surface area contributed by atoms with Crippen LogP contribution in [0.4, 0.5) is 0 Å². The molecule has 0 radical (unpaired) electrons. The number of hydrogen-bond donors (Lipinski definition) is 1. The molecule has 0 aromatic heterocycles. The zero-order valence-corrected chi connectivity index (χ0v) is 9.53. The summed E-state index contributed by atoms with van der Waals surface area (Å²) in [6.45, 7) is -0.598. The minimum Gasteiger partial charge on any atom is -0.449 e. The van der Waals surface area contributed by atoms with E-state index in [-0.39, 0.29) is 13.2 Å². The van der Waals surface area contributed by atoms with Crippen LogP contribution in [0.2, 0.25) is 5.02 Å². The molecule has 0 aliphatic heterocycles. The third-order valence-corrected chi connectivity index (χ3v) is 2.05. The lowest BCUT2D eigenvalue weighted by Crippen LogP contribution is -2.30. The van der Waals surface area contributed by atoms with Crippen molar-refractivity contribution >= 4 is 23.5 Å². The number of rotatable bonds is 4. The van der Waals surface area contributed by atoms with Crippen molar-refractivity contribution in [2.24, 2.45) is 0 Å². The van der Waals surface area contributed by atoms with E-state index in [1.165, 1.54) is 12.1 Å². The van der Waals surface area contributed by atoms with Crippen LogP contribution in [-0.4, -0.2) is 25.0 Å². The SMILES string of the molecule is N#CCOC(=O)CNC(=O)c1ccc(Cl)cc1. The number of nitrogens with zero attached hydrogens (tertiary/aromatic N) is 1. The van der Waals surface area contributed by atoms with Gasteiger partial charge in [0.05, 0.1) is 0 Å². The van der Waals surface area contributed by atoms with Gasteiger partial charge in [-0.25, -0.2) is 0 Å². The Morgan fingerprint density at radius 3 is 2.59 bits per heavy atom. The standard InChI is InChI=1S/C11H9ClN2O3/c12-9-3-1-8(2-4-9)11(16)14-7-10(15)17-6-5-13/h1-4H,6-7H2,(H,14,16). The van der Waals surface area contributed by atoms with E-state index in [2.05, 4.69) is 10.1 Å². The molecule has 1 amide bonds. The molecule has 0 bridgehead atoms. The minimum absolute atomic E-state index is 0.275. The van der Waals surface area contributed by atoms with Crippen molar-refractivity contribution in [3.63, 3.8) is 0 Å². The maximum Gasteiger partial charge on any atom is 0.326 e. The predicted molar refractivity (Wildman–Crippen MR) is 60.4 cm³/mol. The zero-order valence-electron chi connectivity index (χ0n) is 8.77. The molecule has 0 spiro atoms. The Hall–Kier alpha value is -2.06. The highest BCUT2D eigenvalue weighted by Crippen LogP contribution is 2.09. The van der Waals surface area contributed by atoms with Crippen molar-refractivity contribution in [2.45, 2.75) is 0 Å². The summed E-state index contributed by atoms with van der Waals surface area (Å²) in [7, 11) is 0. The summed E-state index contributed by atoms with van der Waals surface area (Å²) >= 11 is 5.66. The molecular formula is C11H9ClN2O3. The third-order valence-electron chi connectivity index (χ3n) is 1.80. The molecule has 0 unspecified atom stereocenters. The van der Waals surface area contributed by atoms with Crippen molar-refractivity contribution in [1.82, 2.24) is 5.32 Å². The van der Waals surface area contributed by atoms with Crippen LogP contribution in [0, 0.1) is 11.3 Å². The summed E-state index contributed by atoms with van der Waals surface area (Å²) in [5.74, 6) is -1.07. The molecule has 0 atom stereocenters. The first kappa shape index (κ1) is 13.0. The molecule has 1 aromatic rings. The van der Waals surface area contributed by atoms with Crippen molar-refractivity contribution < 1.29 is 14.3 Å². The number of nitrogens with one attached hydrogen (secondary N) is 1. The number of nitriles is 1. The van der Waals surface area contributed by atoms with Gasteiger partial charge in [0, 0.05) is 10.6 Å². The number of amides is 1. The van der Waals surface area contributed by atoms with Crippen molar-refractivity contribution in [1.29, 1.82) is 5.26 Å². The molecule has 1 N–H and O–H groups in total. The molecule has 0 aliphatic carbocycles. The molecule has 1 aromatic carbocycles. The Morgan fingerprint density at radius 2 is 2.00 bits per heavy atom. The normalized spacial score (nSPS) is 9.18. The molecule has 0 saturated heterocycles. The number of carbonyl (C=O) groups excluding carboxylic acids is 2. The van der Waals surface area contributed by atoms with Gasteiger partial charge in [0.25, 0.3) is 5.91 Å². The highest BCUT2D eigenvalue weighted by Gasteiger charge is 2.08. The summed E-state index contributed by atoms with van der Waals surface area (Å²) < 4.78 is 4.46. The van der Waals surface area contributed by atoms with E-state index in [9.17, 15) is 9.59 Å². The van der Waals surface area contributed by atoms with Crippen molar-refractivity contribution in [3.8, 4) is 6.07 Å². The molecule has 0 aliphatic rings. The van der Waals surface area contributed by atoms with Crippen LogP contribution >= 0.6 is 11.6 Å². The van der Waals surface area contributed by atoms with Gasteiger partial charge < -0.3 is 10.1 Å². The zero-order chi connectivity index (χ0) is 12.7. The first-order chi connectivity index (χ1) is 8.13. The van der Waals surface area contributed by atoms with Gasteiger partial charge >= 0.3 is 5.97 Å². The number of halogens is 1. The Morgan fingerprint density at radius 1 is 1.35 bits per heavy atom. The number of esters is 1. The fraction of sp³-hybridized carbons (Fsp3) is 0.182. The Balaban J connectivity index is 2.42. The highest BCUT2D eigenvalue weighted by molar-refractivity contribution is 6.30. The summed E-state index contributed by atoms with van der Waals surface area (Å²) in [6, 6.07) is 7.88. The highest BCUT2D eigenvalue weighted by atomic mass is 35.5. The lowest BCUT2D eigenvalue weighted by Gasteiger charge is -2.04. The van der Waals surface area contributed by atoms with E-state index in [1.807, 2.05) is 0 Å². The van der Waals surface area contributed by atoms with E-state index in [4.69, 9.17) is 16.9 Å². The molecule has 6 heteroatoms. The molecular weight excluding hydrogens is 244 g/mol.